The smallest absolute Gasteiger partial charge is 0.232 e. The molecule has 2 aromatic carbocycles. The second-order valence-corrected chi connectivity index (χ2v) is 7.31. The predicted molar refractivity (Wildman–Crippen MR) is 103 cm³/mol. The summed E-state index contributed by atoms with van der Waals surface area (Å²) in [5, 5.41) is 4.09. The molecular formula is C20H18BrN3O2. The lowest BCUT2D eigenvalue weighted by atomic mass is 10.1. The van der Waals surface area contributed by atoms with E-state index in [0.29, 0.717) is 24.7 Å². The summed E-state index contributed by atoms with van der Waals surface area (Å²) in [4.78, 5) is 18.8. The Labute approximate surface area is 160 Å². The van der Waals surface area contributed by atoms with Gasteiger partial charge in [-0.05, 0) is 36.2 Å². The third-order valence-corrected chi connectivity index (χ3v) is 5.12. The van der Waals surface area contributed by atoms with E-state index in [1.807, 2.05) is 41.3 Å². The maximum atomic E-state index is 12.5. The van der Waals surface area contributed by atoms with E-state index in [-0.39, 0.29) is 11.8 Å². The highest BCUT2D eigenvalue weighted by atomic mass is 79.9. The minimum Gasteiger partial charge on any atom is -0.339 e. The zero-order chi connectivity index (χ0) is 18.1. The van der Waals surface area contributed by atoms with Crippen LogP contribution in [0.3, 0.4) is 0 Å². The molecule has 1 aliphatic rings. The molecule has 0 saturated carbocycles. The van der Waals surface area contributed by atoms with Crippen molar-refractivity contribution in [3.05, 3.63) is 64.5 Å². The van der Waals surface area contributed by atoms with Crippen molar-refractivity contribution in [3.8, 4) is 11.4 Å². The number of aryl methyl sites for hydroxylation is 1. The molecule has 1 saturated heterocycles. The van der Waals surface area contributed by atoms with Gasteiger partial charge in [0, 0.05) is 28.7 Å². The number of anilines is 1. The molecule has 5 nitrogen and oxygen atoms in total. The van der Waals surface area contributed by atoms with Gasteiger partial charge in [-0.25, -0.2) is 0 Å². The van der Waals surface area contributed by atoms with Gasteiger partial charge in [-0.2, -0.15) is 4.98 Å². The third-order valence-electron chi connectivity index (χ3n) is 4.63. The Kier molecular flexibility index (Phi) is 4.59. The van der Waals surface area contributed by atoms with E-state index in [4.69, 9.17) is 4.52 Å². The first-order valence-corrected chi connectivity index (χ1v) is 9.42. The number of aromatic nitrogens is 2. The molecule has 4 rings (SSSR count). The van der Waals surface area contributed by atoms with Crippen LogP contribution >= 0.6 is 15.9 Å². The van der Waals surface area contributed by atoms with Crippen molar-refractivity contribution in [2.24, 2.45) is 0 Å². The summed E-state index contributed by atoms with van der Waals surface area (Å²) in [5.74, 6) is 1.06. The van der Waals surface area contributed by atoms with E-state index in [9.17, 15) is 4.79 Å². The van der Waals surface area contributed by atoms with Gasteiger partial charge >= 0.3 is 0 Å². The minimum absolute atomic E-state index is 0.0822. The average molecular weight is 412 g/mol. The minimum atomic E-state index is -0.0822. The number of hydrogen-bond donors (Lipinski definition) is 0. The summed E-state index contributed by atoms with van der Waals surface area (Å²) >= 11 is 3.45. The van der Waals surface area contributed by atoms with E-state index in [1.165, 1.54) is 5.56 Å². The van der Waals surface area contributed by atoms with Crippen LogP contribution in [-0.2, 0) is 11.2 Å². The molecular weight excluding hydrogens is 394 g/mol. The van der Waals surface area contributed by atoms with Crippen molar-refractivity contribution >= 4 is 27.5 Å². The summed E-state index contributed by atoms with van der Waals surface area (Å²) in [5.41, 5.74) is 3.03. The van der Waals surface area contributed by atoms with Gasteiger partial charge in [0.1, 0.15) is 0 Å². The fourth-order valence-electron chi connectivity index (χ4n) is 3.21. The molecule has 1 fully saturated rings. The zero-order valence-electron chi connectivity index (χ0n) is 14.4. The van der Waals surface area contributed by atoms with Gasteiger partial charge in [0.05, 0.1) is 5.92 Å². The van der Waals surface area contributed by atoms with Gasteiger partial charge in [0.25, 0.3) is 0 Å². The van der Waals surface area contributed by atoms with Gasteiger partial charge < -0.3 is 9.42 Å². The number of carbonyl (C=O) groups excluding carboxylic acids is 1. The van der Waals surface area contributed by atoms with Gasteiger partial charge in [-0.15, -0.1) is 0 Å². The highest BCUT2D eigenvalue weighted by Gasteiger charge is 2.35. The van der Waals surface area contributed by atoms with Crippen molar-refractivity contribution < 1.29 is 9.32 Å². The SMILES string of the molecule is CCc1cccc(N2CC(c3nc(-c4cccc(Br)c4)no3)CC2=O)c1. The number of halogens is 1. The van der Waals surface area contributed by atoms with Crippen molar-refractivity contribution in [2.75, 3.05) is 11.4 Å². The summed E-state index contributed by atoms with van der Waals surface area (Å²) in [6, 6.07) is 15.9. The fourth-order valence-corrected chi connectivity index (χ4v) is 3.61. The Bertz CT molecular complexity index is 953. The maximum Gasteiger partial charge on any atom is 0.232 e. The molecule has 26 heavy (non-hydrogen) atoms. The zero-order valence-corrected chi connectivity index (χ0v) is 15.9. The highest BCUT2D eigenvalue weighted by molar-refractivity contribution is 9.10. The van der Waals surface area contributed by atoms with E-state index in [1.54, 1.807) is 0 Å². The summed E-state index contributed by atoms with van der Waals surface area (Å²) in [6.45, 7) is 2.67. The molecule has 1 unspecified atom stereocenters. The second kappa shape index (κ2) is 7.03. The quantitative estimate of drug-likeness (QED) is 0.630. The van der Waals surface area contributed by atoms with E-state index >= 15 is 0 Å². The summed E-state index contributed by atoms with van der Waals surface area (Å²) < 4.78 is 6.42. The lowest BCUT2D eigenvalue weighted by molar-refractivity contribution is -0.117. The average Bonchev–Trinajstić information content (AvgIpc) is 3.28. The van der Waals surface area contributed by atoms with Crippen molar-refractivity contribution in [1.29, 1.82) is 0 Å². The maximum absolute atomic E-state index is 12.5. The molecule has 6 heteroatoms. The highest BCUT2D eigenvalue weighted by Crippen LogP contribution is 2.32. The molecule has 0 N–H and O–H groups in total. The van der Waals surface area contributed by atoms with Crippen LogP contribution in [0.5, 0.6) is 0 Å². The van der Waals surface area contributed by atoms with E-state index < -0.39 is 0 Å². The Morgan fingerprint density at radius 3 is 2.88 bits per heavy atom. The second-order valence-electron chi connectivity index (χ2n) is 6.40. The monoisotopic (exact) mass is 411 g/mol. The number of carbonyl (C=O) groups is 1. The molecule has 1 amide bonds. The molecule has 0 bridgehead atoms. The van der Waals surface area contributed by atoms with Crippen LogP contribution < -0.4 is 4.90 Å². The fraction of sp³-hybridized carbons (Fsp3) is 0.250. The number of rotatable bonds is 4. The lowest BCUT2D eigenvalue weighted by Crippen LogP contribution is -2.24. The standard InChI is InChI=1S/C20H18BrN3O2/c1-2-13-5-3-8-17(9-13)24-12-15(11-18(24)25)20-22-19(23-26-20)14-6-4-7-16(21)10-14/h3-10,15H,2,11-12H2,1H3. The molecule has 1 atom stereocenters. The van der Waals surface area contributed by atoms with Crippen LogP contribution in [-0.4, -0.2) is 22.6 Å². The molecule has 132 valence electrons. The predicted octanol–water partition coefficient (Wildman–Crippen LogP) is 4.58. The number of hydrogen-bond acceptors (Lipinski definition) is 4. The van der Waals surface area contributed by atoms with E-state index in [2.05, 4.69) is 45.1 Å². The number of benzene rings is 2. The lowest BCUT2D eigenvalue weighted by Gasteiger charge is -2.16. The van der Waals surface area contributed by atoms with Gasteiger partial charge in [-0.1, -0.05) is 52.3 Å². The molecule has 1 aromatic heterocycles. The van der Waals surface area contributed by atoms with Crippen LogP contribution in [0.25, 0.3) is 11.4 Å². The van der Waals surface area contributed by atoms with Gasteiger partial charge in [0.2, 0.25) is 17.6 Å². The first-order valence-electron chi connectivity index (χ1n) is 8.63. The Balaban J connectivity index is 1.56. The summed E-state index contributed by atoms with van der Waals surface area (Å²) in [7, 11) is 0. The number of nitrogens with zero attached hydrogens (tertiary/aromatic N) is 3. The Morgan fingerprint density at radius 2 is 2.08 bits per heavy atom. The van der Waals surface area contributed by atoms with Crippen LogP contribution in [0.15, 0.2) is 57.5 Å². The first kappa shape index (κ1) is 17.0. The topological polar surface area (TPSA) is 59.2 Å². The van der Waals surface area contributed by atoms with Crippen LogP contribution in [0.4, 0.5) is 5.69 Å². The Morgan fingerprint density at radius 1 is 1.23 bits per heavy atom. The molecule has 0 aliphatic carbocycles. The van der Waals surface area contributed by atoms with Crippen molar-refractivity contribution in [3.63, 3.8) is 0 Å². The molecule has 0 spiro atoms. The molecule has 2 heterocycles. The Hall–Kier alpha value is -2.47. The van der Waals surface area contributed by atoms with Gasteiger partial charge in [-0.3, -0.25) is 4.79 Å². The van der Waals surface area contributed by atoms with Crippen LogP contribution in [0.2, 0.25) is 0 Å². The third kappa shape index (κ3) is 3.29. The van der Waals surface area contributed by atoms with Crippen molar-refractivity contribution in [2.45, 2.75) is 25.7 Å². The van der Waals surface area contributed by atoms with E-state index in [0.717, 1.165) is 22.1 Å². The van der Waals surface area contributed by atoms with Crippen LogP contribution in [0.1, 0.15) is 30.7 Å². The number of amides is 1. The molecule has 0 radical (unpaired) electrons. The summed E-state index contributed by atoms with van der Waals surface area (Å²) in [6.07, 6.45) is 1.33. The molecule has 3 aromatic rings. The molecule has 1 aliphatic heterocycles. The van der Waals surface area contributed by atoms with Crippen molar-refractivity contribution in [1.82, 2.24) is 10.1 Å². The van der Waals surface area contributed by atoms with Gasteiger partial charge in [0.15, 0.2) is 0 Å². The normalized spacial score (nSPS) is 17.1. The first-order chi connectivity index (χ1) is 12.6. The van der Waals surface area contributed by atoms with Crippen LogP contribution in [0, 0.1) is 0 Å². The largest absolute Gasteiger partial charge is 0.339 e.